The molecule has 1 aromatic heterocycles. The van der Waals surface area contributed by atoms with Gasteiger partial charge in [0.15, 0.2) is 12.4 Å². The van der Waals surface area contributed by atoms with Crippen LogP contribution in [0.2, 0.25) is 0 Å². The van der Waals surface area contributed by atoms with Gasteiger partial charge in [0.25, 0.3) is 0 Å². The Morgan fingerprint density at radius 3 is 2.69 bits per heavy atom. The van der Waals surface area contributed by atoms with Crippen LogP contribution in [0, 0.1) is 39.8 Å². The van der Waals surface area contributed by atoms with Gasteiger partial charge in [-0.2, -0.15) is 0 Å². The number of nitrogens with two attached hydrogens (primary N) is 1. The lowest BCUT2D eigenvalue weighted by Gasteiger charge is -2.60. The fourth-order valence-corrected chi connectivity index (χ4v) is 10.3. The first-order valence-electron chi connectivity index (χ1n) is 16.4. The second-order valence-electron chi connectivity index (χ2n) is 14.0. The van der Waals surface area contributed by atoms with Gasteiger partial charge in [0.1, 0.15) is 23.0 Å². The van der Waals surface area contributed by atoms with Crippen molar-refractivity contribution in [2.45, 2.75) is 64.1 Å². The number of thioether (sulfide) groups is 1. The van der Waals surface area contributed by atoms with Crippen molar-refractivity contribution in [2.75, 3.05) is 19.7 Å². The molecule has 7 unspecified atom stereocenters. The number of esters is 1. The number of aliphatic hydroxyl groups is 1. The molecule has 256 valence electrons. The van der Waals surface area contributed by atoms with Crippen molar-refractivity contribution in [1.82, 2.24) is 0 Å². The van der Waals surface area contributed by atoms with E-state index in [9.17, 15) is 19.1 Å². The number of furan rings is 1. The first-order chi connectivity index (χ1) is 23.0. The zero-order chi connectivity index (χ0) is 34.3. The van der Waals surface area contributed by atoms with Gasteiger partial charge < -0.3 is 29.1 Å². The summed E-state index contributed by atoms with van der Waals surface area (Å²) >= 11 is 1.00. The minimum atomic E-state index is -1.50. The number of methoxy groups -OCH3 is 1. The fourth-order valence-electron chi connectivity index (χ4n) is 9.31. The van der Waals surface area contributed by atoms with Gasteiger partial charge in [-0.15, -0.1) is 0 Å². The molecule has 0 amide bonds. The Labute approximate surface area is 284 Å². The monoisotopic (exact) mass is 679 g/mol. The van der Waals surface area contributed by atoms with Crippen LogP contribution in [0.5, 0.6) is 0 Å². The average Bonchev–Trinajstić information content (AvgIpc) is 3.70. The van der Waals surface area contributed by atoms with Gasteiger partial charge in [-0.3, -0.25) is 10.1 Å². The molecule has 2 aromatic rings. The summed E-state index contributed by atoms with van der Waals surface area (Å²) < 4.78 is 35.6. The number of rotatable bonds is 11. The van der Waals surface area contributed by atoms with Gasteiger partial charge in [0, 0.05) is 36.4 Å². The molecule has 4 aliphatic carbocycles. The molecule has 0 aliphatic heterocycles. The molecule has 4 N–H and O–H groups in total. The van der Waals surface area contributed by atoms with Crippen molar-refractivity contribution >= 4 is 34.7 Å². The highest BCUT2D eigenvalue weighted by Gasteiger charge is 2.71. The van der Waals surface area contributed by atoms with Crippen LogP contribution in [0.25, 0.3) is 0 Å². The Balaban J connectivity index is 1.30. The fraction of sp³-hybridized carbons (Fsp3) is 0.486. The molecule has 1 heterocycles. The van der Waals surface area contributed by atoms with Gasteiger partial charge >= 0.3 is 5.97 Å². The van der Waals surface area contributed by atoms with E-state index in [4.69, 9.17) is 24.0 Å². The van der Waals surface area contributed by atoms with E-state index in [1.54, 1.807) is 18.2 Å². The number of halogens is 1. The molecule has 3 saturated carbocycles. The number of aliphatic hydroxyl groups excluding tert-OH is 1. The third-order valence-corrected chi connectivity index (χ3v) is 12.5. The van der Waals surface area contributed by atoms with E-state index in [0.29, 0.717) is 25.0 Å². The standard InChI is InChI=1S/C37H43FN2O7S/c1-22(46-21-44-4)20-48-34(43)37(47-33(42)31-6-5-15-45-31)14-13-28-27-12-7-24-16-29(40-26-10-8-25(38)9-11-26)23(19-39)17-35(24,2)32(27)30(41)18-36(28,37)3/h5-6,8-11,15-16,19,27-28,30,32,39-41H,1,7,12-14,17-18,20-21H2,2-4H3/p+1. The number of hydrogen-bond donors (Lipinski definition) is 3. The predicted molar refractivity (Wildman–Crippen MR) is 179 cm³/mol. The SMILES string of the molecule is C=C(CSC(=O)C1(OC(=O)c2ccco2)CCC2C3CCC4=CC([NH2+]c5ccc(F)cc5)=C(C=N)CC4(C)C3C(O)CC21C)OCOC. The number of benzene rings is 1. The first kappa shape index (κ1) is 34.4. The van der Waals surface area contributed by atoms with Crippen LogP contribution in [-0.4, -0.2) is 53.8 Å². The highest BCUT2D eigenvalue weighted by Crippen LogP contribution is 2.69. The van der Waals surface area contributed by atoms with Crippen molar-refractivity contribution in [1.29, 1.82) is 5.41 Å². The number of ether oxygens (including phenoxy) is 3. The van der Waals surface area contributed by atoms with Crippen molar-refractivity contribution in [3.05, 3.63) is 89.5 Å². The molecule has 9 nitrogen and oxygen atoms in total. The minimum Gasteiger partial charge on any atom is -0.472 e. The zero-order valence-corrected chi connectivity index (χ0v) is 28.4. The lowest BCUT2D eigenvalue weighted by Crippen LogP contribution is -2.76. The molecule has 3 fully saturated rings. The van der Waals surface area contributed by atoms with Crippen molar-refractivity contribution in [2.24, 2.45) is 28.6 Å². The second-order valence-corrected chi connectivity index (χ2v) is 15.0. The van der Waals surface area contributed by atoms with E-state index in [1.807, 2.05) is 12.2 Å². The summed E-state index contributed by atoms with van der Waals surface area (Å²) in [6, 6.07) is 9.43. The molecular formula is C37H44FN2O7S+. The van der Waals surface area contributed by atoms with Crippen LogP contribution in [0.4, 0.5) is 10.1 Å². The average molecular weight is 680 g/mol. The second kappa shape index (κ2) is 13.4. The van der Waals surface area contributed by atoms with Gasteiger partial charge in [-0.25, -0.2) is 9.18 Å². The summed E-state index contributed by atoms with van der Waals surface area (Å²) in [5, 5.41) is 22.2. The molecule has 0 bridgehead atoms. The number of allylic oxidation sites excluding steroid dienone is 3. The maximum absolute atomic E-state index is 14.3. The van der Waals surface area contributed by atoms with E-state index < -0.39 is 28.5 Å². The van der Waals surface area contributed by atoms with E-state index in [-0.39, 0.29) is 53.4 Å². The van der Waals surface area contributed by atoms with Crippen LogP contribution in [0.15, 0.2) is 82.3 Å². The number of carbonyl (C=O) groups excluding carboxylic acids is 2. The summed E-state index contributed by atoms with van der Waals surface area (Å²) in [4.78, 5) is 27.8. The van der Waals surface area contributed by atoms with E-state index in [0.717, 1.165) is 41.6 Å². The summed E-state index contributed by atoms with van der Waals surface area (Å²) in [7, 11) is 1.50. The summed E-state index contributed by atoms with van der Waals surface area (Å²) in [6.45, 7) is 8.10. The van der Waals surface area contributed by atoms with Crippen LogP contribution >= 0.6 is 11.8 Å². The molecule has 0 spiro atoms. The normalized spacial score (nSPS) is 32.4. The Hall–Kier alpha value is -3.51. The lowest BCUT2D eigenvalue weighted by atomic mass is 9.45. The third-order valence-electron chi connectivity index (χ3n) is 11.5. The van der Waals surface area contributed by atoms with Crippen molar-refractivity contribution in [3.63, 3.8) is 0 Å². The minimum absolute atomic E-state index is 0.00533. The van der Waals surface area contributed by atoms with Gasteiger partial charge in [0.05, 0.1) is 18.1 Å². The smallest absolute Gasteiger partial charge is 0.375 e. The van der Waals surface area contributed by atoms with Crippen LogP contribution in [0.1, 0.15) is 62.9 Å². The number of hydrogen-bond acceptors (Lipinski definition) is 9. The summed E-state index contributed by atoms with van der Waals surface area (Å²) in [5.74, 6) is -0.493. The van der Waals surface area contributed by atoms with Crippen LogP contribution in [0.3, 0.4) is 0 Å². The van der Waals surface area contributed by atoms with E-state index >= 15 is 0 Å². The molecule has 1 aromatic carbocycles. The molecule has 0 saturated heterocycles. The molecule has 7 atom stereocenters. The van der Waals surface area contributed by atoms with Crippen LogP contribution in [-0.2, 0) is 19.0 Å². The molecule has 0 radical (unpaired) electrons. The summed E-state index contributed by atoms with van der Waals surface area (Å²) in [6.07, 6.45) is 7.65. The molecular weight excluding hydrogens is 635 g/mol. The number of nitrogens with one attached hydrogen (secondary N) is 1. The Morgan fingerprint density at radius 2 is 2.00 bits per heavy atom. The molecule has 6 rings (SSSR count). The van der Waals surface area contributed by atoms with Crippen LogP contribution < -0.4 is 5.32 Å². The quantitative estimate of drug-likeness (QED) is 0.0859. The van der Waals surface area contributed by atoms with Gasteiger partial charge in [0.2, 0.25) is 10.9 Å². The maximum atomic E-state index is 14.3. The molecule has 11 heteroatoms. The van der Waals surface area contributed by atoms with Crippen molar-refractivity contribution in [3.8, 4) is 0 Å². The zero-order valence-electron chi connectivity index (χ0n) is 27.6. The number of carbonyl (C=O) groups is 2. The Morgan fingerprint density at radius 1 is 1.23 bits per heavy atom. The topological polar surface area (TPSA) is 136 Å². The third kappa shape index (κ3) is 5.88. The summed E-state index contributed by atoms with van der Waals surface area (Å²) in [5.41, 5.74) is 1.14. The molecule has 48 heavy (non-hydrogen) atoms. The lowest BCUT2D eigenvalue weighted by molar-refractivity contribution is -0.513. The first-order valence-corrected chi connectivity index (χ1v) is 17.4. The van der Waals surface area contributed by atoms with Crippen molar-refractivity contribution < 1.29 is 43.0 Å². The van der Waals surface area contributed by atoms with E-state index in [2.05, 4.69) is 19.6 Å². The Bertz CT molecular complexity index is 1640. The van der Waals surface area contributed by atoms with E-state index in [1.165, 1.54) is 43.4 Å². The molecule has 4 aliphatic rings. The number of fused-ring (bicyclic) bond motifs is 5. The highest BCUT2D eigenvalue weighted by molar-refractivity contribution is 8.14. The highest BCUT2D eigenvalue weighted by atomic mass is 32.2. The van der Waals surface area contributed by atoms with Gasteiger partial charge in [-0.05, 0) is 92.0 Å². The maximum Gasteiger partial charge on any atom is 0.375 e. The predicted octanol–water partition coefficient (Wildman–Crippen LogP) is 6.05. The number of quaternary nitrogens is 1. The van der Waals surface area contributed by atoms with Gasteiger partial charge in [-0.1, -0.05) is 37.8 Å². The largest absolute Gasteiger partial charge is 0.472 e. The Kier molecular flexibility index (Phi) is 9.61.